The van der Waals surface area contributed by atoms with Crippen molar-refractivity contribution in [3.8, 4) is 0 Å². The molecule has 5 heteroatoms. The highest BCUT2D eigenvalue weighted by molar-refractivity contribution is 9.10. The van der Waals surface area contributed by atoms with Crippen LogP contribution in [0, 0.1) is 12.8 Å². The largest absolute Gasteiger partial charge is 0.352 e. The molecule has 1 atom stereocenters. The minimum atomic E-state index is -0.287. The van der Waals surface area contributed by atoms with Crippen LogP contribution in [-0.2, 0) is 9.59 Å². The Balaban J connectivity index is 2.13. The van der Waals surface area contributed by atoms with Crippen LogP contribution in [0.4, 0.5) is 5.69 Å². The number of carbonyl (C=O) groups is 2. The van der Waals surface area contributed by atoms with Gasteiger partial charge in [-0.1, -0.05) is 22.0 Å². The summed E-state index contributed by atoms with van der Waals surface area (Å²) in [6, 6.07) is 5.77. The molecule has 106 valence electrons. The van der Waals surface area contributed by atoms with Gasteiger partial charge in [0.15, 0.2) is 0 Å². The molecule has 0 saturated carbocycles. The summed E-state index contributed by atoms with van der Waals surface area (Å²) in [5.74, 6) is -0.379. The first-order valence-electron chi connectivity index (χ1n) is 6.48. The minimum Gasteiger partial charge on any atom is -0.352 e. The lowest BCUT2D eigenvalue weighted by atomic mass is 10.1. The van der Waals surface area contributed by atoms with Gasteiger partial charge in [-0.05, 0) is 30.7 Å². The summed E-state index contributed by atoms with van der Waals surface area (Å²) in [5.41, 5.74) is 1.89. The van der Waals surface area contributed by atoms with Crippen LogP contribution in [0.5, 0.6) is 0 Å². The summed E-state index contributed by atoms with van der Waals surface area (Å²) >= 11 is 3.41. The number of benzene rings is 1. The Bertz CT molecular complexity index is 557. The first-order valence-corrected chi connectivity index (χ1v) is 7.27. The predicted molar refractivity (Wildman–Crippen MR) is 82.5 cm³/mol. The number of nitrogens with zero attached hydrogens (tertiary/aromatic N) is 1. The van der Waals surface area contributed by atoms with E-state index in [1.165, 1.54) is 0 Å². The van der Waals surface area contributed by atoms with E-state index in [0.717, 1.165) is 15.7 Å². The highest BCUT2D eigenvalue weighted by atomic mass is 79.9. The van der Waals surface area contributed by atoms with Crippen molar-refractivity contribution in [3.05, 3.63) is 40.9 Å². The van der Waals surface area contributed by atoms with Gasteiger partial charge >= 0.3 is 0 Å². The van der Waals surface area contributed by atoms with E-state index in [1.807, 2.05) is 25.1 Å². The molecule has 1 aliphatic heterocycles. The monoisotopic (exact) mass is 336 g/mol. The van der Waals surface area contributed by atoms with Crippen LogP contribution in [0.2, 0.25) is 0 Å². The molecule has 1 aliphatic rings. The smallest absolute Gasteiger partial charge is 0.227 e. The Kier molecular flexibility index (Phi) is 4.60. The van der Waals surface area contributed by atoms with E-state index in [-0.39, 0.29) is 24.2 Å². The summed E-state index contributed by atoms with van der Waals surface area (Å²) < 4.78 is 0.977. The Morgan fingerprint density at radius 1 is 1.60 bits per heavy atom. The zero-order valence-corrected chi connectivity index (χ0v) is 12.9. The third-order valence-electron chi connectivity index (χ3n) is 3.37. The number of halogens is 1. The molecule has 4 nitrogen and oxygen atoms in total. The lowest BCUT2D eigenvalue weighted by molar-refractivity contribution is -0.126. The number of hydrogen-bond donors (Lipinski definition) is 1. The van der Waals surface area contributed by atoms with Gasteiger partial charge in [0.05, 0.1) is 5.92 Å². The van der Waals surface area contributed by atoms with E-state index in [4.69, 9.17) is 0 Å². The quantitative estimate of drug-likeness (QED) is 0.858. The maximum atomic E-state index is 12.1. The molecule has 1 heterocycles. The topological polar surface area (TPSA) is 49.4 Å². The molecule has 0 radical (unpaired) electrons. The first-order chi connectivity index (χ1) is 9.52. The average Bonchev–Trinajstić information content (AvgIpc) is 2.78. The van der Waals surface area contributed by atoms with Crippen molar-refractivity contribution >= 4 is 33.4 Å². The Morgan fingerprint density at radius 2 is 2.35 bits per heavy atom. The van der Waals surface area contributed by atoms with Gasteiger partial charge in [0.1, 0.15) is 0 Å². The number of hydrogen-bond acceptors (Lipinski definition) is 2. The summed E-state index contributed by atoms with van der Waals surface area (Å²) in [5, 5.41) is 2.75. The summed E-state index contributed by atoms with van der Waals surface area (Å²) in [4.78, 5) is 25.7. The summed E-state index contributed by atoms with van der Waals surface area (Å²) in [7, 11) is 0. The normalized spacial score (nSPS) is 18.2. The number of aryl methyl sites for hydroxylation is 1. The molecule has 1 unspecified atom stereocenters. The second kappa shape index (κ2) is 6.22. The van der Waals surface area contributed by atoms with Crippen molar-refractivity contribution in [2.45, 2.75) is 13.3 Å². The van der Waals surface area contributed by atoms with E-state index < -0.39 is 0 Å². The van der Waals surface area contributed by atoms with Crippen LogP contribution in [-0.4, -0.2) is 24.9 Å². The van der Waals surface area contributed by atoms with Crippen LogP contribution in [0.3, 0.4) is 0 Å². The van der Waals surface area contributed by atoms with Crippen molar-refractivity contribution in [3.63, 3.8) is 0 Å². The molecule has 1 aromatic carbocycles. The van der Waals surface area contributed by atoms with E-state index in [9.17, 15) is 9.59 Å². The fraction of sp³-hybridized carbons (Fsp3) is 0.333. The van der Waals surface area contributed by atoms with Gasteiger partial charge in [-0.15, -0.1) is 6.58 Å². The van der Waals surface area contributed by atoms with Gasteiger partial charge in [0.25, 0.3) is 0 Å². The van der Waals surface area contributed by atoms with E-state index in [2.05, 4.69) is 27.8 Å². The predicted octanol–water partition coefficient (Wildman–Crippen LogP) is 2.41. The number of carbonyl (C=O) groups excluding carboxylic acids is 2. The Hall–Kier alpha value is -1.62. The molecule has 0 bridgehead atoms. The molecule has 2 amide bonds. The third-order valence-corrected chi connectivity index (χ3v) is 3.86. The van der Waals surface area contributed by atoms with Crippen molar-refractivity contribution < 1.29 is 9.59 Å². The Morgan fingerprint density at radius 3 is 3.00 bits per heavy atom. The van der Waals surface area contributed by atoms with Gasteiger partial charge < -0.3 is 10.2 Å². The van der Waals surface area contributed by atoms with E-state index in [1.54, 1.807) is 11.0 Å². The number of anilines is 1. The van der Waals surface area contributed by atoms with Crippen molar-refractivity contribution in [2.75, 3.05) is 18.0 Å². The van der Waals surface area contributed by atoms with Gasteiger partial charge in [0, 0.05) is 29.7 Å². The van der Waals surface area contributed by atoms with Crippen LogP contribution in [0.15, 0.2) is 35.3 Å². The van der Waals surface area contributed by atoms with Gasteiger partial charge in [-0.25, -0.2) is 0 Å². The van der Waals surface area contributed by atoms with Crippen molar-refractivity contribution in [1.82, 2.24) is 5.32 Å². The fourth-order valence-corrected chi connectivity index (χ4v) is 2.83. The molecule has 0 aliphatic carbocycles. The van der Waals surface area contributed by atoms with Crippen molar-refractivity contribution in [2.24, 2.45) is 5.92 Å². The standard InChI is InChI=1S/C15H17BrN2O2/c1-3-6-17-15(20)11-8-14(19)18(9-11)13-5-4-12(16)7-10(13)2/h3-5,7,11H,1,6,8-9H2,2H3,(H,17,20). The minimum absolute atomic E-state index is 0.00539. The zero-order valence-electron chi connectivity index (χ0n) is 11.4. The molecule has 1 saturated heterocycles. The zero-order chi connectivity index (χ0) is 14.7. The van der Waals surface area contributed by atoms with Crippen LogP contribution in [0.25, 0.3) is 0 Å². The highest BCUT2D eigenvalue weighted by Crippen LogP contribution is 2.29. The van der Waals surface area contributed by atoms with E-state index in [0.29, 0.717) is 13.1 Å². The molecule has 20 heavy (non-hydrogen) atoms. The maximum Gasteiger partial charge on any atom is 0.227 e. The lowest BCUT2D eigenvalue weighted by Crippen LogP contribution is -2.33. The van der Waals surface area contributed by atoms with Gasteiger partial charge in [0.2, 0.25) is 11.8 Å². The lowest BCUT2D eigenvalue weighted by Gasteiger charge is -2.19. The van der Waals surface area contributed by atoms with E-state index >= 15 is 0 Å². The molecule has 1 aromatic rings. The number of nitrogens with one attached hydrogen (secondary N) is 1. The summed E-state index contributed by atoms with van der Waals surface area (Å²) in [6.45, 7) is 6.38. The molecular weight excluding hydrogens is 320 g/mol. The summed E-state index contributed by atoms with van der Waals surface area (Å²) in [6.07, 6.45) is 1.89. The third kappa shape index (κ3) is 3.10. The first kappa shape index (κ1) is 14.8. The van der Waals surface area contributed by atoms with Crippen LogP contribution >= 0.6 is 15.9 Å². The SMILES string of the molecule is C=CCNC(=O)C1CC(=O)N(c2ccc(Br)cc2C)C1. The Labute approximate surface area is 127 Å². The number of amides is 2. The van der Waals surface area contributed by atoms with Crippen molar-refractivity contribution in [1.29, 1.82) is 0 Å². The molecule has 2 rings (SSSR count). The van der Waals surface area contributed by atoms with Crippen LogP contribution < -0.4 is 10.2 Å². The average molecular weight is 337 g/mol. The molecule has 0 spiro atoms. The second-order valence-corrected chi connectivity index (χ2v) is 5.79. The maximum absolute atomic E-state index is 12.1. The molecule has 0 aromatic heterocycles. The number of rotatable bonds is 4. The molecule has 1 fully saturated rings. The highest BCUT2D eigenvalue weighted by Gasteiger charge is 2.35. The second-order valence-electron chi connectivity index (χ2n) is 4.87. The van der Waals surface area contributed by atoms with Crippen LogP contribution in [0.1, 0.15) is 12.0 Å². The molecular formula is C15H17BrN2O2. The van der Waals surface area contributed by atoms with Gasteiger partial charge in [-0.3, -0.25) is 9.59 Å². The van der Waals surface area contributed by atoms with Gasteiger partial charge in [-0.2, -0.15) is 0 Å². The fourth-order valence-electron chi connectivity index (χ4n) is 2.35. The molecule has 1 N–H and O–H groups in total.